The molecule has 0 aromatic carbocycles. The topological polar surface area (TPSA) is 38.3 Å². The van der Waals surface area contributed by atoms with Crippen LogP contribution in [0, 0.1) is 5.92 Å². The Morgan fingerprint density at radius 2 is 2.11 bits per heavy atom. The second-order valence-electron chi connectivity index (χ2n) is 5.36. The number of amides is 1. The SMILES string of the molecule is CC1CCC(CBr)(NC(=O)CCOCC(F)F)CC1. The Kier molecular flexibility index (Phi) is 7.21. The van der Waals surface area contributed by atoms with Gasteiger partial charge in [-0.15, -0.1) is 0 Å². The second kappa shape index (κ2) is 8.15. The molecule has 6 heteroatoms. The van der Waals surface area contributed by atoms with E-state index in [1.54, 1.807) is 0 Å². The van der Waals surface area contributed by atoms with Crippen LogP contribution in [0.15, 0.2) is 0 Å². The fraction of sp³-hybridized carbons (Fsp3) is 0.923. The smallest absolute Gasteiger partial charge is 0.261 e. The highest BCUT2D eigenvalue weighted by Gasteiger charge is 2.34. The average Bonchev–Trinajstić information content (AvgIpc) is 2.38. The number of carbonyl (C=O) groups is 1. The van der Waals surface area contributed by atoms with Crippen molar-refractivity contribution < 1.29 is 18.3 Å². The average molecular weight is 342 g/mol. The van der Waals surface area contributed by atoms with Crippen LogP contribution >= 0.6 is 15.9 Å². The first-order chi connectivity index (χ1) is 8.97. The molecular weight excluding hydrogens is 320 g/mol. The molecule has 1 amide bonds. The number of carbonyl (C=O) groups excluding carboxylic acids is 1. The first-order valence-corrected chi connectivity index (χ1v) is 7.82. The molecule has 0 aliphatic heterocycles. The Labute approximate surface area is 121 Å². The van der Waals surface area contributed by atoms with Crippen molar-refractivity contribution in [2.75, 3.05) is 18.5 Å². The van der Waals surface area contributed by atoms with Gasteiger partial charge in [0, 0.05) is 17.3 Å². The zero-order valence-corrected chi connectivity index (χ0v) is 12.8. The van der Waals surface area contributed by atoms with Crippen molar-refractivity contribution in [3.05, 3.63) is 0 Å². The molecular formula is C13H22BrF2NO2. The van der Waals surface area contributed by atoms with Crippen LogP contribution in [0.4, 0.5) is 8.78 Å². The van der Waals surface area contributed by atoms with Crippen LogP contribution in [-0.2, 0) is 9.53 Å². The highest BCUT2D eigenvalue weighted by Crippen LogP contribution is 2.33. The molecule has 1 saturated carbocycles. The molecule has 0 aromatic rings. The predicted molar refractivity (Wildman–Crippen MR) is 73.7 cm³/mol. The Hall–Kier alpha value is -0.230. The van der Waals surface area contributed by atoms with Crippen LogP contribution in [0.25, 0.3) is 0 Å². The van der Waals surface area contributed by atoms with E-state index in [0.717, 1.165) is 31.0 Å². The highest BCUT2D eigenvalue weighted by molar-refractivity contribution is 9.09. The second-order valence-corrected chi connectivity index (χ2v) is 5.92. The summed E-state index contributed by atoms with van der Waals surface area (Å²) in [6, 6.07) is 0. The summed E-state index contributed by atoms with van der Waals surface area (Å²) in [6.45, 7) is 1.66. The van der Waals surface area contributed by atoms with Gasteiger partial charge in [0.15, 0.2) is 0 Å². The van der Waals surface area contributed by atoms with Crippen molar-refractivity contribution in [1.29, 1.82) is 0 Å². The van der Waals surface area contributed by atoms with E-state index in [-0.39, 0.29) is 24.5 Å². The third kappa shape index (κ3) is 6.17. The summed E-state index contributed by atoms with van der Waals surface area (Å²) in [4.78, 5) is 11.8. The highest BCUT2D eigenvalue weighted by atomic mass is 79.9. The van der Waals surface area contributed by atoms with E-state index >= 15 is 0 Å². The Morgan fingerprint density at radius 3 is 2.63 bits per heavy atom. The third-order valence-electron chi connectivity index (χ3n) is 3.61. The van der Waals surface area contributed by atoms with Gasteiger partial charge < -0.3 is 10.1 Å². The molecule has 0 aromatic heterocycles. The van der Waals surface area contributed by atoms with Gasteiger partial charge in [0.25, 0.3) is 6.43 Å². The number of alkyl halides is 3. The quantitative estimate of drug-likeness (QED) is 0.570. The fourth-order valence-corrected chi connectivity index (χ4v) is 3.00. The monoisotopic (exact) mass is 341 g/mol. The van der Waals surface area contributed by atoms with Crippen LogP contribution in [0.5, 0.6) is 0 Å². The van der Waals surface area contributed by atoms with Gasteiger partial charge in [0.2, 0.25) is 5.91 Å². The Bertz CT molecular complexity index is 282. The van der Waals surface area contributed by atoms with E-state index in [1.807, 2.05) is 0 Å². The molecule has 112 valence electrons. The van der Waals surface area contributed by atoms with E-state index in [2.05, 4.69) is 28.2 Å². The minimum absolute atomic E-state index is 0.0466. The van der Waals surface area contributed by atoms with Crippen molar-refractivity contribution in [1.82, 2.24) is 5.32 Å². The van der Waals surface area contributed by atoms with Gasteiger partial charge in [-0.1, -0.05) is 22.9 Å². The fourth-order valence-electron chi connectivity index (χ4n) is 2.30. The maximum Gasteiger partial charge on any atom is 0.261 e. The molecule has 0 saturated heterocycles. The van der Waals surface area contributed by atoms with Gasteiger partial charge in [0.05, 0.1) is 6.61 Å². The summed E-state index contributed by atoms with van der Waals surface area (Å²) in [5.41, 5.74) is -0.174. The summed E-state index contributed by atoms with van der Waals surface area (Å²) >= 11 is 3.47. The van der Waals surface area contributed by atoms with E-state index < -0.39 is 13.0 Å². The number of hydrogen-bond donors (Lipinski definition) is 1. The van der Waals surface area contributed by atoms with Gasteiger partial charge in [-0.05, 0) is 31.6 Å². The summed E-state index contributed by atoms with van der Waals surface area (Å²) in [6.07, 6.45) is 1.79. The molecule has 1 aliphatic rings. The first kappa shape index (κ1) is 16.8. The van der Waals surface area contributed by atoms with Gasteiger partial charge in [0.1, 0.15) is 6.61 Å². The maximum absolute atomic E-state index is 11.9. The summed E-state index contributed by atoms with van der Waals surface area (Å²) < 4.78 is 28.4. The lowest BCUT2D eigenvalue weighted by Gasteiger charge is -2.39. The van der Waals surface area contributed by atoms with Crippen LogP contribution in [0.2, 0.25) is 0 Å². The largest absolute Gasteiger partial charge is 0.375 e. The molecule has 0 spiro atoms. The molecule has 1 aliphatic carbocycles. The lowest BCUT2D eigenvalue weighted by molar-refractivity contribution is -0.124. The third-order valence-corrected chi connectivity index (χ3v) is 4.68. The molecule has 1 fully saturated rings. The number of ether oxygens (including phenoxy) is 1. The maximum atomic E-state index is 11.9. The van der Waals surface area contributed by atoms with Crippen molar-refractivity contribution in [3.8, 4) is 0 Å². The van der Waals surface area contributed by atoms with Crippen molar-refractivity contribution in [2.24, 2.45) is 5.92 Å². The number of hydrogen-bond acceptors (Lipinski definition) is 2. The lowest BCUT2D eigenvalue weighted by Crippen LogP contribution is -2.52. The zero-order chi connectivity index (χ0) is 14.3. The predicted octanol–water partition coefficient (Wildman–Crippen LogP) is 3.12. The number of nitrogens with one attached hydrogen (secondary N) is 1. The Morgan fingerprint density at radius 1 is 1.47 bits per heavy atom. The summed E-state index contributed by atoms with van der Waals surface area (Å²) in [5, 5.41) is 3.77. The van der Waals surface area contributed by atoms with Crippen LogP contribution in [0.3, 0.4) is 0 Å². The molecule has 0 heterocycles. The van der Waals surface area contributed by atoms with Gasteiger partial charge in [-0.25, -0.2) is 8.78 Å². The summed E-state index contributed by atoms with van der Waals surface area (Å²) in [5.74, 6) is 0.585. The molecule has 1 rings (SSSR count). The van der Waals surface area contributed by atoms with Crippen LogP contribution < -0.4 is 5.32 Å². The Balaban J connectivity index is 2.29. The van der Waals surface area contributed by atoms with Gasteiger partial charge >= 0.3 is 0 Å². The van der Waals surface area contributed by atoms with E-state index in [0.29, 0.717) is 5.92 Å². The van der Waals surface area contributed by atoms with Crippen molar-refractivity contribution in [2.45, 2.75) is 51.0 Å². The molecule has 0 atom stereocenters. The molecule has 0 bridgehead atoms. The first-order valence-electron chi connectivity index (χ1n) is 6.70. The molecule has 19 heavy (non-hydrogen) atoms. The van der Waals surface area contributed by atoms with E-state index in [9.17, 15) is 13.6 Å². The van der Waals surface area contributed by atoms with E-state index in [4.69, 9.17) is 4.74 Å². The van der Waals surface area contributed by atoms with Gasteiger partial charge in [-0.2, -0.15) is 0 Å². The van der Waals surface area contributed by atoms with Crippen molar-refractivity contribution in [3.63, 3.8) is 0 Å². The molecule has 0 unspecified atom stereocenters. The zero-order valence-electron chi connectivity index (χ0n) is 11.3. The van der Waals surface area contributed by atoms with Crippen LogP contribution in [-0.4, -0.2) is 36.4 Å². The summed E-state index contributed by atoms with van der Waals surface area (Å²) in [7, 11) is 0. The normalized spacial score (nSPS) is 27.5. The lowest BCUT2D eigenvalue weighted by atomic mass is 9.78. The molecule has 1 N–H and O–H groups in total. The minimum atomic E-state index is -2.48. The van der Waals surface area contributed by atoms with E-state index in [1.165, 1.54) is 0 Å². The number of halogens is 3. The molecule has 0 radical (unpaired) electrons. The van der Waals surface area contributed by atoms with Crippen LogP contribution in [0.1, 0.15) is 39.0 Å². The van der Waals surface area contributed by atoms with Crippen molar-refractivity contribution >= 4 is 21.8 Å². The molecule has 3 nitrogen and oxygen atoms in total. The minimum Gasteiger partial charge on any atom is -0.375 e. The van der Waals surface area contributed by atoms with Gasteiger partial charge in [-0.3, -0.25) is 4.79 Å². The standard InChI is InChI=1S/C13H22BrF2NO2/c1-10-2-5-13(9-14,6-3-10)17-12(18)4-7-19-8-11(15)16/h10-11H,2-9H2,1H3,(H,17,18). The number of rotatable bonds is 7.